The van der Waals surface area contributed by atoms with Crippen LogP contribution in [0.5, 0.6) is 0 Å². The Morgan fingerprint density at radius 3 is 2.89 bits per heavy atom. The maximum Gasteiger partial charge on any atom is 0.233 e. The monoisotopic (exact) mass is 130 g/mol. The highest BCUT2D eigenvalue weighted by molar-refractivity contribution is 5.77. The molecule has 4 heteroatoms. The average Bonchev–Trinajstić information content (AvgIpc) is 1.89. The molecule has 0 fully saturated rings. The Balaban J connectivity index is 2.97. The van der Waals surface area contributed by atoms with Crippen molar-refractivity contribution in [2.24, 2.45) is 5.73 Å². The number of hydrogen-bond acceptors (Lipinski definition) is 2. The summed E-state index contributed by atoms with van der Waals surface area (Å²) in [5.74, 6) is -0.126. The zero-order valence-electron chi connectivity index (χ0n) is 5.55. The van der Waals surface area contributed by atoms with Crippen LogP contribution in [0.15, 0.2) is 0 Å². The molecule has 0 aliphatic rings. The van der Waals surface area contributed by atoms with Crippen LogP contribution in [0.25, 0.3) is 0 Å². The van der Waals surface area contributed by atoms with E-state index >= 15 is 0 Å². The third-order valence-corrected chi connectivity index (χ3v) is 0.843. The number of rotatable bonds is 4. The van der Waals surface area contributed by atoms with Crippen LogP contribution in [0.3, 0.4) is 0 Å². The SMILES string of the molecule is C[N]CCNC(=O)CN. The van der Waals surface area contributed by atoms with Crippen LogP contribution < -0.4 is 16.4 Å². The van der Waals surface area contributed by atoms with E-state index in [1.165, 1.54) is 0 Å². The van der Waals surface area contributed by atoms with Gasteiger partial charge in [0.25, 0.3) is 0 Å². The van der Waals surface area contributed by atoms with Crippen molar-refractivity contribution in [3.63, 3.8) is 0 Å². The minimum atomic E-state index is -0.126. The van der Waals surface area contributed by atoms with Gasteiger partial charge >= 0.3 is 0 Å². The van der Waals surface area contributed by atoms with Crippen LogP contribution in [-0.2, 0) is 4.79 Å². The van der Waals surface area contributed by atoms with Crippen LogP contribution in [0.4, 0.5) is 0 Å². The summed E-state index contributed by atoms with van der Waals surface area (Å²) < 4.78 is 0. The number of carbonyl (C=O) groups excluding carboxylic acids is 1. The van der Waals surface area contributed by atoms with Crippen LogP contribution in [0.2, 0.25) is 0 Å². The number of nitrogens with two attached hydrogens (primary N) is 1. The first-order valence-electron chi connectivity index (χ1n) is 2.83. The highest BCUT2D eigenvalue weighted by Gasteiger charge is 1.92. The highest BCUT2D eigenvalue weighted by atomic mass is 16.1. The summed E-state index contributed by atoms with van der Waals surface area (Å²) in [5, 5.41) is 6.36. The van der Waals surface area contributed by atoms with Gasteiger partial charge in [-0.25, -0.2) is 5.32 Å². The van der Waals surface area contributed by atoms with Gasteiger partial charge in [0.05, 0.1) is 6.54 Å². The van der Waals surface area contributed by atoms with Crippen LogP contribution >= 0.6 is 0 Å². The molecule has 1 amide bonds. The molecule has 0 rings (SSSR count). The minimum Gasteiger partial charge on any atom is -0.354 e. The molecule has 0 saturated carbocycles. The summed E-state index contributed by atoms with van der Waals surface area (Å²) in [6.07, 6.45) is 0. The molecule has 0 aromatic rings. The fourth-order valence-electron chi connectivity index (χ4n) is 0.379. The van der Waals surface area contributed by atoms with E-state index in [9.17, 15) is 4.79 Å². The predicted octanol–water partition coefficient (Wildman–Crippen LogP) is -1.70. The molecule has 0 aliphatic heterocycles. The summed E-state index contributed by atoms with van der Waals surface area (Å²) in [4.78, 5) is 10.4. The maximum absolute atomic E-state index is 10.4. The number of carbonyl (C=O) groups is 1. The predicted molar refractivity (Wildman–Crippen MR) is 35.0 cm³/mol. The van der Waals surface area contributed by atoms with Gasteiger partial charge in [0, 0.05) is 20.1 Å². The third-order valence-electron chi connectivity index (χ3n) is 0.843. The van der Waals surface area contributed by atoms with Gasteiger partial charge in [-0.2, -0.15) is 0 Å². The number of hydrogen-bond donors (Lipinski definition) is 2. The van der Waals surface area contributed by atoms with Crippen molar-refractivity contribution in [1.82, 2.24) is 10.6 Å². The van der Waals surface area contributed by atoms with Crippen molar-refractivity contribution in [1.29, 1.82) is 0 Å². The Morgan fingerprint density at radius 2 is 2.44 bits per heavy atom. The summed E-state index contributed by atoms with van der Waals surface area (Å²) in [7, 11) is 1.70. The van der Waals surface area contributed by atoms with Crippen molar-refractivity contribution >= 4 is 5.91 Å². The molecule has 0 bridgehead atoms. The molecule has 0 heterocycles. The van der Waals surface area contributed by atoms with Gasteiger partial charge in [-0.1, -0.05) is 0 Å². The van der Waals surface area contributed by atoms with Crippen LogP contribution in [-0.4, -0.2) is 32.6 Å². The number of likely N-dealkylation sites (N-methyl/N-ethyl adjacent to an activating group) is 1. The summed E-state index contributed by atoms with van der Waals surface area (Å²) >= 11 is 0. The molecule has 4 nitrogen and oxygen atoms in total. The molecule has 0 unspecified atom stereocenters. The van der Waals surface area contributed by atoms with Gasteiger partial charge in [-0.15, -0.1) is 0 Å². The molecule has 0 aliphatic carbocycles. The molecule has 0 aromatic heterocycles. The van der Waals surface area contributed by atoms with Crippen molar-refractivity contribution in [3.05, 3.63) is 0 Å². The lowest BCUT2D eigenvalue weighted by Gasteiger charge is -1.99. The summed E-state index contributed by atoms with van der Waals surface area (Å²) in [6.45, 7) is 1.31. The number of nitrogens with one attached hydrogen (secondary N) is 1. The normalized spacial score (nSPS) is 9.11. The van der Waals surface area contributed by atoms with E-state index in [0.29, 0.717) is 13.1 Å². The second-order valence-electron chi connectivity index (χ2n) is 1.59. The van der Waals surface area contributed by atoms with Crippen molar-refractivity contribution in [2.75, 3.05) is 26.7 Å². The molecule has 0 spiro atoms. The smallest absolute Gasteiger partial charge is 0.233 e. The first kappa shape index (κ1) is 8.39. The second-order valence-corrected chi connectivity index (χ2v) is 1.59. The molecule has 53 valence electrons. The summed E-state index contributed by atoms with van der Waals surface area (Å²) in [5.41, 5.74) is 5.01. The zero-order chi connectivity index (χ0) is 7.11. The first-order valence-corrected chi connectivity index (χ1v) is 2.83. The molecule has 0 aromatic carbocycles. The van der Waals surface area contributed by atoms with Crippen molar-refractivity contribution in [3.8, 4) is 0 Å². The highest BCUT2D eigenvalue weighted by Crippen LogP contribution is 1.59. The fraction of sp³-hybridized carbons (Fsp3) is 0.800. The molecular formula is C5H12N3O. The molecule has 3 N–H and O–H groups in total. The second kappa shape index (κ2) is 5.53. The third kappa shape index (κ3) is 5.26. The lowest BCUT2D eigenvalue weighted by Crippen LogP contribution is -2.33. The molecule has 9 heavy (non-hydrogen) atoms. The van der Waals surface area contributed by atoms with Gasteiger partial charge < -0.3 is 11.1 Å². The Kier molecular flexibility index (Phi) is 5.15. The van der Waals surface area contributed by atoms with Crippen LogP contribution in [0, 0.1) is 0 Å². The van der Waals surface area contributed by atoms with Gasteiger partial charge in [0.15, 0.2) is 0 Å². The topological polar surface area (TPSA) is 69.2 Å². The Bertz CT molecular complexity index is 84.3. The lowest BCUT2D eigenvalue weighted by atomic mass is 10.5. The average molecular weight is 130 g/mol. The van der Waals surface area contributed by atoms with Gasteiger partial charge in [-0.05, 0) is 0 Å². The first-order chi connectivity index (χ1) is 4.31. The molecule has 0 saturated heterocycles. The fourth-order valence-corrected chi connectivity index (χ4v) is 0.379. The zero-order valence-corrected chi connectivity index (χ0v) is 5.55. The van der Waals surface area contributed by atoms with E-state index in [4.69, 9.17) is 5.73 Å². The quantitative estimate of drug-likeness (QED) is 0.445. The molecular weight excluding hydrogens is 118 g/mol. The number of amides is 1. The number of nitrogens with zero attached hydrogens (tertiary/aromatic N) is 1. The van der Waals surface area contributed by atoms with E-state index in [-0.39, 0.29) is 12.5 Å². The maximum atomic E-state index is 10.4. The van der Waals surface area contributed by atoms with Crippen LogP contribution in [0.1, 0.15) is 0 Å². The van der Waals surface area contributed by atoms with Gasteiger partial charge in [0.1, 0.15) is 0 Å². The lowest BCUT2D eigenvalue weighted by molar-refractivity contribution is -0.119. The standard InChI is InChI=1S/C5H12N3O/c1-7-2-3-8-5(9)4-6/h2-4,6H2,1H3,(H,8,9). The molecule has 1 radical (unpaired) electrons. The van der Waals surface area contributed by atoms with Crippen molar-refractivity contribution in [2.45, 2.75) is 0 Å². The van der Waals surface area contributed by atoms with E-state index < -0.39 is 0 Å². The Hall–Kier alpha value is -0.610. The van der Waals surface area contributed by atoms with Gasteiger partial charge in [-0.3, -0.25) is 4.79 Å². The van der Waals surface area contributed by atoms with E-state index in [1.54, 1.807) is 7.05 Å². The minimum absolute atomic E-state index is 0.0592. The van der Waals surface area contributed by atoms with Crippen molar-refractivity contribution < 1.29 is 4.79 Å². The largest absolute Gasteiger partial charge is 0.354 e. The van der Waals surface area contributed by atoms with E-state index in [1.807, 2.05) is 0 Å². The van der Waals surface area contributed by atoms with E-state index in [2.05, 4.69) is 10.6 Å². The summed E-state index contributed by atoms with van der Waals surface area (Å²) in [6, 6.07) is 0. The van der Waals surface area contributed by atoms with Gasteiger partial charge in [0.2, 0.25) is 5.91 Å². The van der Waals surface area contributed by atoms with E-state index in [0.717, 1.165) is 0 Å². The molecule has 0 atom stereocenters. The Morgan fingerprint density at radius 1 is 1.78 bits per heavy atom. The Labute approximate surface area is 54.8 Å².